The number of likely N-dealkylation sites (tertiary alicyclic amines) is 1. The quantitative estimate of drug-likeness (QED) is 0.461. The average Bonchev–Trinajstić information content (AvgIpc) is 2.28. The summed E-state index contributed by atoms with van der Waals surface area (Å²) in [4.78, 5) is 11.7. The number of ether oxygens (including phenoxy) is 1. The summed E-state index contributed by atoms with van der Waals surface area (Å²) < 4.78 is 4.36. The molecule has 1 amide bonds. The molecule has 0 N–H and O–H groups in total. The molecule has 1 aliphatic rings. The zero-order valence-corrected chi connectivity index (χ0v) is 9.91. The average molecular weight is 215 g/mol. The van der Waals surface area contributed by atoms with Crippen LogP contribution in [-0.4, -0.2) is 29.4 Å². The Bertz CT molecular complexity index is 224. The zero-order valence-electron chi connectivity index (χ0n) is 9.91. The predicted octanol–water partition coefficient (Wildman–Crippen LogP) is 2.81. The first-order valence-electron chi connectivity index (χ1n) is 5.65. The first kappa shape index (κ1) is 12.5. The van der Waals surface area contributed by atoms with Gasteiger partial charge in [0.15, 0.2) is 0 Å². The predicted molar refractivity (Wildman–Crippen MR) is 58.1 cm³/mol. The third kappa shape index (κ3) is 3.80. The second-order valence-electron chi connectivity index (χ2n) is 5.23. The highest BCUT2D eigenvalue weighted by Gasteiger charge is 2.33. The Hall–Kier alpha value is -0.610. The summed E-state index contributed by atoms with van der Waals surface area (Å²) in [6.07, 6.45) is 3.12. The lowest BCUT2D eigenvalue weighted by atomic mass is 10.2. The number of nitrogens with zero attached hydrogens (tertiary/aromatic N) is 1. The van der Waals surface area contributed by atoms with Crippen LogP contribution in [0.1, 0.15) is 46.5 Å². The van der Waals surface area contributed by atoms with Crippen molar-refractivity contribution in [2.24, 2.45) is 0 Å². The largest absolute Gasteiger partial charge is 0.622 e. The maximum absolute atomic E-state index is 12.2. The van der Waals surface area contributed by atoms with Crippen LogP contribution in [0, 0.1) is 5.21 Å². The van der Waals surface area contributed by atoms with Gasteiger partial charge in [0, 0.05) is 0 Å². The van der Waals surface area contributed by atoms with Gasteiger partial charge < -0.3 is 9.94 Å². The Kier molecular flexibility index (Phi) is 3.73. The van der Waals surface area contributed by atoms with Gasteiger partial charge in [-0.1, -0.05) is 0 Å². The molecule has 15 heavy (non-hydrogen) atoms. The molecule has 1 fully saturated rings. The molecule has 0 aliphatic carbocycles. The SMILES string of the molecule is CC(C)(C)OC(=O)[N+]1([O-])CCCCCC1. The van der Waals surface area contributed by atoms with E-state index in [-0.39, 0.29) is 0 Å². The minimum Gasteiger partial charge on any atom is -0.622 e. The number of quaternary nitrogens is 1. The summed E-state index contributed by atoms with van der Waals surface area (Å²) >= 11 is 0. The summed E-state index contributed by atoms with van der Waals surface area (Å²) in [5, 5.41) is 12.2. The number of amides is 1. The monoisotopic (exact) mass is 215 g/mol. The van der Waals surface area contributed by atoms with E-state index in [2.05, 4.69) is 0 Å². The van der Waals surface area contributed by atoms with Crippen LogP contribution in [0.5, 0.6) is 0 Å². The molecule has 0 aromatic rings. The third-order valence-corrected chi connectivity index (χ3v) is 2.51. The molecule has 0 saturated carbocycles. The smallest absolute Gasteiger partial charge is 0.516 e. The molecule has 1 rings (SSSR count). The van der Waals surface area contributed by atoms with Crippen LogP contribution in [0.25, 0.3) is 0 Å². The van der Waals surface area contributed by atoms with Crippen molar-refractivity contribution in [3.8, 4) is 0 Å². The molecule has 0 aromatic carbocycles. The molecular formula is C11H21NO3. The summed E-state index contributed by atoms with van der Waals surface area (Å²) in [6.45, 7) is 6.10. The number of rotatable bonds is 0. The summed E-state index contributed by atoms with van der Waals surface area (Å²) in [7, 11) is 0. The molecule has 4 nitrogen and oxygen atoms in total. The Labute approximate surface area is 91.4 Å². The number of carbonyl (C=O) groups excluding carboxylic acids is 1. The van der Waals surface area contributed by atoms with Gasteiger partial charge in [0.05, 0.1) is 13.1 Å². The van der Waals surface area contributed by atoms with E-state index >= 15 is 0 Å². The zero-order chi connectivity index (χ0) is 11.5. The van der Waals surface area contributed by atoms with Gasteiger partial charge in [0.1, 0.15) is 5.60 Å². The van der Waals surface area contributed by atoms with E-state index < -0.39 is 16.3 Å². The first-order valence-corrected chi connectivity index (χ1v) is 5.65. The van der Waals surface area contributed by atoms with Crippen molar-refractivity contribution < 1.29 is 14.2 Å². The van der Waals surface area contributed by atoms with Gasteiger partial charge in [0.2, 0.25) is 0 Å². The fourth-order valence-electron chi connectivity index (χ4n) is 1.73. The van der Waals surface area contributed by atoms with E-state index in [1.165, 1.54) is 0 Å². The molecule has 0 atom stereocenters. The first-order chi connectivity index (χ1) is 6.83. The fraction of sp³-hybridized carbons (Fsp3) is 0.909. The lowest BCUT2D eigenvalue weighted by Gasteiger charge is -2.38. The van der Waals surface area contributed by atoms with Crippen molar-refractivity contribution in [2.45, 2.75) is 52.1 Å². The van der Waals surface area contributed by atoms with Crippen LogP contribution in [0.3, 0.4) is 0 Å². The Balaban J connectivity index is 2.62. The van der Waals surface area contributed by atoms with Gasteiger partial charge >= 0.3 is 6.09 Å². The van der Waals surface area contributed by atoms with Crippen molar-refractivity contribution >= 4 is 6.09 Å². The van der Waals surface area contributed by atoms with Gasteiger partial charge in [-0.15, -0.1) is 0 Å². The van der Waals surface area contributed by atoms with Gasteiger partial charge in [-0.2, -0.15) is 4.79 Å². The molecule has 1 aliphatic heterocycles. The van der Waals surface area contributed by atoms with Crippen LogP contribution in [0.15, 0.2) is 0 Å². The Morgan fingerprint density at radius 3 is 2.00 bits per heavy atom. The third-order valence-electron chi connectivity index (χ3n) is 2.51. The van der Waals surface area contributed by atoms with Crippen LogP contribution < -0.4 is 0 Å². The highest BCUT2D eigenvalue weighted by molar-refractivity contribution is 5.60. The highest BCUT2D eigenvalue weighted by Crippen LogP contribution is 2.21. The van der Waals surface area contributed by atoms with Crippen LogP contribution in [0.4, 0.5) is 4.79 Å². The summed E-state index contributed by atoms with van der Waals surface area (Å²) in [5.74, 6) is 0. The standard InChI is InChI=1S/C11H21NO3/c1-11(2,3)15-10(13)12(14)8-6-4-5-7-9-12/h4-9H2,1-3H3. The number of carbonyl (C=O) groups is 1. The van der Waals surface area contributed by atoms with Crippen LogP contribution in [-0.2, 0) is 4.74 Å². The van der Waals surface area contributed by atoms with E-state index in [4.69, 9.17) is 4.74 Å². The summed E-state index contributed by atoms with van der Waals surface area (Å²) in [5.41, 5.74) is -0.570. The fourth-order valence-corrected chi connectivity index (χ4v) is 1.73. The second kappa shape index (κ2) is 4.49. The van der Waals surface area contributed by atoms with Crippen LogP contribution in [0.2, 0.25) is 0 Å². The maximum Gasteiger partial charge on any atom is 0.516 e. The maximum atomic E-state index is 12.2. The molecule has 0 unspecified atom stereocenters. The molecule has 0 spiro atoms. The van der Waals surface area contributed by atoms with E-state index in [1.54, 1.807) is 20.8 Å². The second-order valence-corrected chi connectivity index (χ2v) is 5.23. The molecule has 0 aromatic heterocycles. The van der Waals surface area contributed by atoms with E-state index in [9.17, 15) is 10.0 Å². The Morgan fingerprint density at radius 2 is 1.60 bits per heavy atom. The lowest BCUT2D eigenvalue weighted by Crippen LogP contribution is -2.50. The Morgan fingerprint density at radius 1 is 1.13 bits per heavy atom. The number of hydroxylamine groups is 3. The normalized spacial score (nSPS) is 21.9. The van der Waals surface area contributed by atoms with Crippen molar-refractivity contribution in [2.75, 3.05) is 13.1 Å². The van der Waals surface area contributed by atoms with E-state index in [0.717, 1.165) is 25.7 Å². The molecule has 4 heteroatoms. The topological polar surface area (TPSA) is 49.4 Å². The van der Waals surface area contributed by atoms with Crippen molar-refractivity contribution in [3.05, 3.63) is 5.21 Å². The summed E-state index contributed by atoms with van der Waals surface area (Å²) in [6, 6.07) is 0. The van der Waals surface area contributed by atoms with Gasteiger partial charge in [0.25, 0.3) is 0 Å². The molecular weight excluding hydrogens is 194 g/mol. The van der Waals surface area contributed by atoms with E-state index in [0.29, 0.717) is 13.1 Å². The van der Waals surface area contributed by atoms with Crippen molar-refractivity contribution in [3.63, 3.8) is 0 Å². The number of hydrogen-bond acceptors (Lipinski definition) is 3. The number of hydrogen-bond donors (Lipinski definition) is 0. The molecule has 1 heterocycles. The molecule has 1 saturated heterocycles. The van der Waals surface area contributed by atoms with Gasteiger partial charge in [-0.25, -0.2) is 0 Å². The molecule has 0 bridgehead atoms. The van der Waals surface area contributed by atoms with Crippen molar-refractivity contribution in [1.29, 1.82) is 0 Å². The minimum atomic E-state index is -0.794. The molecule has 88 valence electrons. The minimum absolute atomic E-state index is 0.370. The van der Waals surface area contributed by atoms with Crippen LogP contribution >= 0.6 is 0 Å². The van der Waals surface area contributed by atoms with E-state index in [1.807, 2.05) is 0 Å². The lowest BCUT2D eigenvalue weighted by molar-refractivity contribution is -0.807. The highest BCUT2D eigenvalue weighted by atomic mass is 16.7. The van der Waals surface area contributed by atoms with Crippen molar-refractivity contribution in [1.82, 2.24) is 0 Å². The molecule has 0 radical (unpaired) electrons. The van der Waals surface area contributed by atoms with Gasteiger partial charge in [-0.3, -0.25) is 4.65 Å². The van der Waals surface area contributed by atoms with Gasteiger partial charge in [-0.05, 0) is 46.5 Å².